The molecule has 5 heteroatoms. The number of benzene rings is 2. The van der Waals surface area contributed by atoms with E-state index in [0.29, 0.717) is 19.8 Å². The summed E-state index contributed by atoms with van der Waals surface area (Å²) in [5, 5.41) is 8.40. The normalized spacial score (nSPS) is 15.3. The van der Waals surface area contributed by atoms with Gasteiger partial charge in [0.05, 0.1) is 13.2 Å². The number of fused-ring (bicyclic) bond motifs is 3. The molecule has 1 heterocycles. The van der Waals surface area contributed by atoms with Gasteiger partial charge in [0, 0.05) is 6.54 Å². The molecule has 3 rings (SSSR count). The molecule has 0 aliphatic carbocycles. The second-order valence-corrected chi connectivity index (χ2v) is 6.53. The lowest BCUT2D eigenvalue weighted by atomic mass is 9.94. The Kier molecular flexibility index (Phi) is 6.12. The third-order valence-corrected chi connectivity index (χ3v) is 4.72. The highest BCUT2D eigenvalue weighted by atomic mass is 16.5. The van der Waals surface area contributed by atoms with Crippen LogP contribution in [0.4, 0.5) is 0 Å². The molecule has 2 aromatic rings. The van der Waals surface area contributed by atoms with Crippen LogP contribution in [0.1, 0.15) is 43.9 Å². The van der Waals surface area contributed by atoms with Gasteiger partial charge in [0.25, 0.3) is 6.02 Å². The second kappa shape index (κ2) is 8.71. The minimum Gasteiger partial charge on any atom is -0.466 e. The zero-order valence-electron chi connectivity index (χ0n) is 15.9. The largest absolute Gasteiger partial charge is 0.466 e. The van der Waals surface area contributed by atoms with E-state index in [1.165, 1.54) is 0 Å². The predicted octanol–water partition coefficient (Wildman–Crippen LogP) is 4.52. The molecule has 0 radical (unpaired) electrons. The first-order valence-corrected chi connectivity index (χ1v) is 9.49. The average molecular weight is 366 g/mol. The SMILES string of the molecule is CCCCOC(=O)C1c2ccccc2-c2ccccc2CN1C(=N)OCC. The fraction of sp³-hybridized carbons (Fsp3) is 0.364. The lowest BCUT2D eigenvalue weighted by Gasteiger charge is -2.30. The molecular formula is C22H26N2O3. The lowest BCUT2D eigenvalue weighted by molar-refractivity contribution is -0.149. The number of amidine groups is 1. The lowest BCUT2D eigenvalue weighted by Crippen LogP contribution is -2.39. The number of rotatable bonds is 5. The van der Waals surface area contributed by atoms with Gasteiger partial charge in [0.15, 0.2) is 6.04 Å². The van der Waals surface area contributed by atoms with Gasteiger partial charge in [-0.1, -0.05) is 61.9 Å². The molecule has 1 atom stereocenters. The van der Waals surface area contributed by atoms with Gasteiger partial charge < -0.3 is 14.4 Å². The molecule has 0 aromatic heterocycles. The molecule has 1 aliphatic heterocycles. The molecule has 0 amide bonds. The first kappa shape index (κ1) is 19.0. The molecule has 1 N–H and O–H groups in total. The minimum absolute atomic E-state index is 0.0125. The van der Waals surface area contributed by atoms with Gasteiger partial charge >= 0.3 is 5.97 Å². The quantitative estimate of drug-likeness (QED) is 0.366. The standard InChI is InChI=1S/C22H26N2O3/c1-3-5-14-27-21(25)20-19-13-9-8-12-18(19)17-11-7-6-10-16(17)15-24(20)22(23)26-4-2/h6-13,20,23H,3-5,14-15H2,1-2H3. The van der Waals surface area contributed by atoms with Gasteiger partial charge in [-0.05, 0) is 35.6 Å². The first-order valence-electron chi connectivity index (χ1n) is 9.49. The zero-order chi connectivity index (χ0) is 19.2. The van der Waals surface area contributed by atoms with Gasteiger partial charge in [0.1, 0.15) is 0 Å². The Morgan fingerprint density at radius 2 is 1.78 bits per heavy atom. The van der Waals surface area contributed by atoms with Crippen LogP contribution >= 0.6 is 0 Å². The van der Waals surface area contributed by atoms with Crippen molar-refractivity contribution in [1.29, 1.82) is 5.41 Å². The topological polar surface area (TPSA) is 62.6 Å². The number of carbonyl (C=O) groups excluding carboxylic acids is 1. The van der Waals surface area contributed by atoms with E-state index < -0.39 is 6.04 Å². The summed E-state index contributed by atoms with van der Waals surface area (Å²) in [4.78, 5) is 14.7. The number of hydrogen-bond donors (Lipinski definition) is 1. The van der Waals surface area contributed by atoms with Crippen molar-refractivity contribution in [3.8, 4) is 11.1 Å². The highest BCUT2D eigenvalue weighted by Gasteiger charge is 2.36. The summed E-state index contributed by atoms with van der Waals surface area (Å²) in [5.41, 5.74) is 3.97. The highest BCUT2D eigenvalue weighted by molar-refractivity contribution is 5.88. The molecule has 0 saturated heterocycles. The Hall–Kier alpha value is -2.82. The molecule has 1 unspecified atom stereocenters. The summed E-state index contributed by atoms with van der Waals surface area (Å²) in [6.07, 6.45) is 1.78. The van der Waals surface area contributed by atoms with Gasteiger partial charge in [-0.25, -0.2) is 4.79 Å². The van der Waals surface area contributed by atoms with E-state index in [9.17, 15) is 4.79 Å². The molecule has 27 heavy (non-hydrogen) atoms. The molecule has 0 saturated carbocycles. The molecule has 142 valence electrons. The van der Waals surface area contributed by atoms with Crippen molar-refractivity contribution in [3.05, 3.63) is 59.7 Å². The molecule has 5 nitrogen and oxygen atoms in total. The van der Waals surface area contributed by atoms with E-state index in [-0.39, 0.29) is 12.0 Å². The van der Waals surface area contributed by atoms with E-state index in [0.717, 1.165) is 35.1 Å². The van der Waals surface area contributed by atoms with Crippen LogP contribution in [-0.2, 0) is 20.8 Å². The van der Waals surface area contributed by atoms with E-state index in [1.54, 1.807) is 4.90 Å². The van der Waals surface area contributed by atoms with Crippen LogP contribution in [0.5, 0.6) is 0 Å². The predicted molar refractivity (Wildman–Crippen MR) is 105 cm³/mol. The number of nitrogens with one attached hydrogen (secondary N) is 1. The van der Waals surface area contributed by atoms with E-state index in [4.69, 9.17) is 14.9 Å². The van der Waals surface area contributed by atoms with Crippen molar-refractivity contribution in [1.82, 2.24) is 4.90 Å². The van der Waals surface area contributed by atoms with Crippen LogP contribution in [0.3, 0.4) is 0 Å². The summed E-state index contributed by atoms with van der Waals surface area (Å²) in [6, 6.07) is 15.2. The van der Waals surface area contributed by atoms with Crippen molar-refractivity contribution >= 4 is 12.0 Å². The van der Waals surface area contributed by atoms with Crippen molar-refractivity contribution < 1.29 is 14.3 Å². The summed E-state index contributed by atoms with van der Waals surface area (Å²) in [6.45, 7) is 5.07. The summed E-state index contributed by atoms with van der Waals surface area (Å²) >= 11 is 0. The fourth-order valence-corrected chi connectivity index (χ4v) is 3.40. The maximum absolute atomic E-state index is 13.0. The third-order valence-electron chi connectivity index (χ3n) is 4.72. The molecule has 0 fully saturated rings. The van der Waals surface area contributed by atoms with Gasteiger partial charge in [-0.2, -0.15) is 0 Å². The summed E-state index contributed by atoms with van der Waals surface area (Å²) in [5.74, 6) is -0.340. The van der Waals surface area contributed by atoms with Gasteiger partial charge in [-0.3, -0.25) is 5.41 Å². The number of ether oxygens (including phenoxy) is 2. The van der Waals surface area contributed by atoms with Crippen molar-refractivity contribution in [3.63, 3.8) is 0 Å². The second-order valence-electron chi connectivity index (χ2n) is 6.53. The monoisotopic (exact) mass is 366 g/mol. The Bertz CT molecular complexity index is 819. The smallest absolute Gasteiger partial charge is 0.333 e. The molecule has 0 bridgehead atoms. The third kappa shape index (κ3) is 3.97. The highest BCUT2D eigenvalue weighted by Crippen LogP contribution is 2.39. The maximum Gasteiger partial charge on any atom is 0.333 e. The zero-order valence-corrected chi connectivity index (χ0v) is 15.9. The van der Waals surface area contributed by atoms with E-state index in [1.807, 2.05) is 49.4 Å². The Balaban J connectivity index is 2.09. The molecule has 2 aromatic carbocycles. The summed E-state index contributed by atoms with van der Waals surface area (Å²) in [7, 11) is 0. The fourth-order valence-electron chi connectivity index (χ4n) is 3.40. The van der Waals surface area contributed by atoms with Crippen LogP contribution in [-0.4, -0.2) is 30.1 Å². The van der Waals surface area contributed by atoms with Crippen molar-refractivity contribution in [2.75, 3.05) is 13.2 Å². The number of hydrogen-bond acceptors (Lipinski definition) is 4. The van der Waals surface area contributed by atoms with Crippen LogP contribution in [0.15, 0.2) is 48.5 Å². The van der Waals surface area contributed by atoms with Crippen molar-refractivity contribution in [2.24, 2.45) is 0 Å². The van der Waals surface area contributed by atoms with E-state index >= 15 is 0 Å². The van der Waals surface area contributed by atoms with E-state index in [2.05, 4.69) is 13.0 Å². The molecule has 0 spiro atoms. The van der Waals surface area contributed by atoms with Crippen LogP contribution in [0.2, 0.25) is 0 Å². The Morgan fingerprint density at radius 1 is 1.07 bits per heavy atom. The number of carbonyl (C=O) groups is 1. The Morgan fingerprint density at radius 3 is 2.52 bits per heavy atom. The number of nitrogens with zero attached hydrogens (tertiary/aromatic N) is 1. The summed E-state index contributed by atoms with van der Waals surface area (Å²) < 4.78 is 11.0. The Labute approximate surface area is 160 Å². The first-order chi connectivity index (χ1) is 13.2. The van der Waals surface area contributed by atoms with Crippen molar-refractivity contribution in [2.45, 2.75) is 39.3 Å². The maximum atomic E-state index is 13.0. The number of unbranched alkanes of at least 4 members (excludes halogenated alkanes) is 1. The number of esters is 1. The van der Waals surface area contributed by atoms with Crippen LogP contribution in [0.25, 0.3) is 11.1 Å². The molecule has 1 aliphatic rings. The molecular weight excluding hydrogens is 340 g/mol. The minimum atomic E-state index is -0.704. The van der Waals surface area contributed by atoms with Gasteiger partial charge in [0.2, 0.25) is 0 Å². The average Bonchev–Trinajstić information content (AvgIpc) is 2.83. The van der Waals surface area contributed by atoms with Gasteiger partial charge in [-0.15, -0.1) is 0 Å². The van der Waals surface area contributed by atoms with Crippen LogP contribution < -0.4 is 0 Å². The van der Waals surface area contributed by atoms with Crippen LogP contribution in [0, 0.1) is 5.41 Å².